The molecule has 1 saturated carbocycles. The maximum Gasteiger partial charge on any atom is 0.0896 e. The molecule has 1 fully saturated rings. The molecule has 0 aliphatic heterocycles. The molecule has 14 heavy (non-hydrogen) atoms. The molecule has 0 unspecified atom stereocenters. The van der Waals surface area contributed by atoms with Crippen molar-refractivity contribution >= 4 is 5.52 Å². The van der Waals surface area contributed by atoms with Gasteiger partial charge in [0.15, 0.2) is 0 Å². The zero-order valence-corrected chi connectivity index (χ0v) is 7.85. The van der Waals surface area contributed by atoms with Crippen LogP contribution in [0.5, 0.6) is 0 Å². The zero-order chi connectivity index (χ0) is 9.60. The van der Waals surface area contributed by atoms with Crippen LogP contribution < -0.4 is 5.73 Å². The number of hydrogen-bond donors (Lipinski definition) is 1. The molecule has 4 heteroatoms. The molecular weight excluding hydrogens is 176 g/mol. The minimum absolute atomic E-state index is 0.206. The lowest BCUT2D eigenvalue weighted by molar-refractivity contribution is 0.248. The molecule has 0 aromatic carbocycles. The lowest BCUT2D eigenvalue weighted by Gasteiger charge is -2.37. The molecule has 2 N–H and O–H groups in total. The normalized spacial score (nSPS) is 19.5. The van der Waals surface area contributed by atoms with Crippen molar-refractivity contribution in [1.29, 1.82) is 0 Å². The van der Waals surface area contributed by atoms with Crippen molar-refractivity contribution in [3.8, 4) is 0 Å². The Morgan fingerprint density at radius 3 is 2.93 bits per heavy atom. The van der Waals surface area contributed by atoms with Gasteiger partial charge in [-0.15, -0.1) is 0 Å². The Kier molecular flexibility index (Phi) is 1.44. The summed E-state index contributed by atoms with van der Waals surface area (Å²) >= 11 is 0. The summed E-state index contributed by atoms with van der Waals surface area (Å²) in [4.78, 5) is 4.39. The van der Waals surface area contributed by atoms with E-state index >= 15 is 0 Å². The number of nitrogens with two attached hydrogens (primary N) is 1. The Labute approximate surface area is 81.8 Å². The number of rotatable bonds is 1. The Morgan fingerprint density at radius 1 is 1.36 bits per heavy atom. The molecule has 72 valence electrons. The van der Waals surface area contributed by atoms with Crippen LogP contribution in [0.25, 0.3) is 5.52 Å². The van der Waals surface area contributed by atoms with Gasteiger partial charge in [0.1, 0.15) is 0 Å². The number of hydrogen-bond acceptors (Lipinski definition) is 3. The number of nitrogens with zero attached hydrogens (tertiary/aromatic N) is 3. The van der Waals surface area contributed by atoms with E-state index in [-0.39, 0.29) is 5.54 Å². The van der Waals surface area contributed by atoms with Crippen LogP contribution in [-0.2, 0) is 5.54 Å². The first-order valence-corrected chi connectivity index (χ1v) is 4.87. The first-order valence-electron chi connectivity index (χ1n) is 4.87. The summed E-state index contributed by atoms with van der Waals surface area (Å²) in [6.07, 6.45) is 8.66. The average Bonchev–Trinajstić information content (AvgIpc) is 2.61. The maximum atomic E-state index is 6.25. The summed E-state index contributed by atoms with van der Waals surface area (Å²) in [5.74, 6) is 0. The van der Waals surface area contributed by atoms with Crippen LogP contribution in [-0.4, -0.2) is 14.6 Å². The van der Waals surface area contributed by atoms with Crippen molar-refractivity contribution in [3.05, 3.63) is 30.4 Å². The summed E-state index contributed by atoms with van der Waals surface area (Å²) in [6, 6.07) is 1.97. The fourth-order valence-corrected chi connectivity index (χ4v) is 2.04. The smallest absolute Gasteiger partial charge is 0.0896 e. The Balaban J connectivity index is 2.24. The van der Waals surface area contributed by atoms with E-state index in [1.54, 1.807) is 12.4 Å². The SMILES string of the molecule is NC1(c2nccn3nccc23)CCC1. The third-order valence-electron chi connectivity index (χ3n) is 3.04. The summed E-state index contributed by atoms with van der Waals surface area (Å²) in [6.45, 7) is 0. The average molecular weight is 188 g/mol. The summed E-state index contributed by atoms with van der Waals surface area (Å²) in [5.41, 5.74) is 8.07. The van der Waals surface area contributed by atoms with Crippen LogP contribution >= 0.6 is 0 Å². The standard InChI is InChI=1S/C10H12N4/c11-10(3-1-4-10)9-8-2-5-13-14(8)7-6-12-9/h2,5-7H,1,3-4,11H2. The van der Waals surface area contributed by atoms with Gasteiger partial charge in [-0.25, -0.2) is 4.52 Å². The lowest BCUT2D eigenvalue weighted by atomic mass is 9.75. The van der Waals surface area contributed by atoms with Crippen molar-refractivity contribution in [3.63, 3.8) is 0 Å². The first kappa shape index (κ1) is 7.94. The fraction of sp³-hybridized carbons (Fsp3) is 0.400. The van der Waals surface area contributed by atoms with Crippen LogP contribution in [0.3, 0.4) is 0 Å². The van der Waals surface area contributed by atoms with Gasteiger partial charge in [0.2, 0.25) is 0 Å². The van der Waals surface area contributed by atoms with Crippen molar-refractivity contribution in [2.45, 2.75) is 24.8 Å². The van der Waals surface area contributed by atoms with Crippen molar-refractivity contribution in [2.24, 2.45) is 5.73 Å². The highest BCUT2D eigenvalue weighted by Crippen LogP contribution is 2.38. The quantitative estimate of drug-likeness (QED) is 0.728. The molecule has 1 aliphatic carbocycles. The van der Waals surface area contributed by atoms with Gasteiger partial charge in [-0.1, -0.05) is 0 Å². The van der Waals surface area contributed by atoms with E-state index in [4.69, 9.17) is 5.73 Å². The molecule has 3 rings (SSSR count). The predicted molar refractivity (Wildman–Crippen MR) is 52.7 cm³/mol. The molecule has 0 spiro atoms. The summed E-state index contributed by atoms with van der Waals surface area (Å²) in [5, 5.41) is 4.17. The van der Waals surface area contributed by atoms with E-state index in [9.17, 15) is 0 Å². The third kappa shape index (κ3) is 0.915. The van der Waals surface area contributed by atoms with E-state index in [0.29, 0.717) is 0 Å². The highest BCUT2D eigenvalue weighted by Gasteiger charge is 2.37. The van der Waals surface area contributed by atoms with Gasteiger partial charge in [-0.2, -0.15) is 5.10 Å². The topological polar surface area (TPSA) is 56.2 Å². The molecule has 2 aromatic rings. The first-order chi connectivity index (χ1) is 6.80. The second kappa shape index (κ2) is 2.54. The molecule has 2 aromatic heterocycles. The van der Waals surface area contributed by atoms with Crippen LogP contribution in [0, 0.1) is 0 Å². The molecule has 0 amide bonds. The molecule has 0 radical (unpaired) electrons. The van der Waals surface area contributed by atoms with E-state index in [0.717, 1.165) is 24.1 Å². The highest BCUT2D eigenvalue weighted by molar-refractivity contribution is 5.53. The lowest BCUT2D eigenvalue weighted by Crippen LogP contribution is -2.44. The number of aromatic nitrogens is 3. The fourth-order valence-electron chi connectivity index (χ4n) is 2.04. The van der Waals surface area contributed by atoms with Crippen molar-refractivity contribution in [1.82, 2.24) is 14.6 Å². The molecule has 0 bridgehead atoms. The zero-order valence-electron chi connectivity index (χ0n) is 7.85. The third-order valence-corrected chi connectivity index (χ3v) is 3.04. The van der Waals surface area contributed by atoms with E-state index in [2.05, 4.69) is 10.1 Å². The molecule has 0 saturated heterocycles. The summed E-state index contributed by atoms with van der Waals surface area (Å²) in [7, 11) is 0. The second-order valence-corrected chi connectivity index (χ2v) is 3.95. The van der Waals surface area contributed by atoms with Gasteiger partial charge >= 0.3 is 0 Å². The van der Waals surface area contributed by atoms with Gasteiger partial charge in [0.25, 0.3) is 0 Å². The van der Waals surface area contributed by atoms with E-state index in [1.165, 1.54) is 6.42 Å². The van der Waals surface area contributed by atoms with Crippen LogP contribution in [0.2, 0.25) is 0 Å². The highest BCUT2D eigenvalue weighted by atomic mass is 15.2. The second-order valence-electron chi connectivity index (χ2n) is 3.95. The largest absolute Gasteiger partial charge is 0.320 e. The molecule has 0 atom stereocenters. The molecule has 4 nitrogen and oxygen atoms in total. The van der Waals surface area contributed by atoms with Crippen molar-refractivity contribution < 1.29 is 0 Å². The van der Waals surface area contributed by atoms with Gasteiger partial charge in [-0.05, 0) is 25.3 Å². The van der Waals surface area contributed by atoms with Crippen LogP contribution in [0.1, 0.15) is 25.0 Å². The Morgan fingerprint density at radius 2 is 2.21 bits per heavy atom. The van der Waals surface area contributed by atoms with Gasteiger partial charge in [0.05, 0.1) is 22.9 Å². The Bertz CT molecular complexity index is 470. The van der Waals surface area contributed by atoms with Gasteiger partial charge in [0, 0.05) is 12.4 Å². The Hall–Kier alpha value is -1.42. The van der Waals surface area contributed by atoms with Gasteiger partial charge < -0.3 is 5.73 Å². The van der Waals surface area contributed by atoms with Crippen molar-refractivity contribution in [2.75, 3.05) is 0 Å². The maximum absolute atomic E-state index is 6.25. The minimum atomic E-state index is -0.206. The molecule has 1 aliphatic rings. The van der Waals surface area contributed by atoms with Crippen LogP contribution in [0.4, 0.5) is 0 Å². The minimum Gasteiger partial charge on any atom is -0.320 e. The molecular formula is C10H12N4. The van der Waals surface area contributed by atoms with Crippen LogP contribution in [0.15, 0.2) is 24.7 Å². The summed E-state index contributed by atoms with van der Waals surface area (Å²) < 4.78 is 1.83. The number of fused-ring (bicyclic) bond motifs is 1. The predicted octanol–water partition coefficient (Wildman–Crippen LogP) is 1.07. The van der Waals surface area contributed by atoms with Gasteiger partial charge in [-0.3, -0.25) is 4.98 Å². The monoisotopic (exact) mass is 188 g/mol. The van der Waals surface area contributed by atoms with E-state index < -0.39 is 0 Å². The van der Waals surface area contributed by atoms with E-state index in [1.807, 2.05) is 16.8 Å². The molecule has 2 heterocycles.